The largest absolute Gasteiger partial charge is 0.306 e. The Morgan fingerprint density at radius 1 is 0.913 bits per heavy atom. The van der Waals surface area contributed by atoms with Crippen molar-refractivity contribution < 1.29 is 22.7 Å². The molecule has 23 heavy (non-hydrogen) atoms. The molecular weight excluding hydrogens is 355 g/mol. The second-order valence-electron chi connectivity index (χ2n) is 4.24. The van der Waals surface area contributed by atoms with E-state index in [9.17, 15) is 33.0 Å². The summed E-state index contributed by atoms with van der Waals surface area (Å²) in [5, 5.41) is 21.2. The molecule has 0 fully saturated rings. The van der Waals surface area contributed by atoms with Crippen molar-refractivity contribution in [1.29, 1.82) is 0 Å². The Kier molecular flexibility index (Phi) is 4.30. The molecule has 2 aromatic carbocycles. The molecule has 120 valence electrons. The van der Waals surface area contributed by atoms with Crippen molar-refractivity contribution in [2.75, 3.05) is 0 Å². The fraction of sp³-hybridized carbons (Fsp3) is 0. The molecule has 0 saturated heterocycles. The third-order valence-electron chi connectivity index (χ3n) is 2.85. The van der Waals surface area contributed by atoms with Crippen molar-refractivity contribution in [2.24, 2.45) is 0 Å². The number of halogens is 2. The molecule has 0 aliphatic carbocycles. The van der Waals surface area contributed by atoms with Crippen LogP contribution in [-0.4, -0.2) is 18.3 Å². The van der Waals surface area contributed by atoms with E-state index in [1.807, 2.05) is 0 Å². The maximum absolute atomic E-state index is 13.3. The number of hydrogen-bond donors (Lipinski definition) is 0. The van der Waals surface area contributed by atoms with Crippen LogP contribution in [0.5, 0.6) is 0 Å². The van der Waals surface area contributed by atoms with Gasteiger partial charge >= 0.3 is 5.69 Å². The van der Waals surface area contributed by atoms with Crippen molar-refractivity contribution in [2.45, 2.75) is 9.79 Å². The van der Waals surface area contributed by atoms with E-state index in [1.165, 1.54) is 0 Å². The Morgan fingerprint density at radius 2 is 1.39 bits per heavy atom. The van der Waals surface area contributed by atoms with Gasteiger partial charge in [0.1, 0.15) is 5.02 Å². The van der Waals surface area contributed by atoms with Gasteiger partial charge in [0.05, 0.1) is 19.6 Å². The molecule has 0 heterocycles. The van der Waals surface area contributed by atoms with Gasteiger partial charge in [0.25, 0.3) is 5.69 Å². The lowest BCUT2D eigenvalue weighted by Crippen LogP contribution is -2.04. The quantitative estimate of drug-likeness (QED) is 0.469. The first kappa shape index (κ1) is 16.8. The van der Waals surface area contributed by atoms with Gasteiger partial charge in [0.2, 0.25) is 15.7 Å². The summed E-state index contributed by atoms with van der Waals surface area (Å²) in [7, 11) is -4.32. The minimum Gasteiger partial charge on any atom is -0.258 e. The maximum Gasteiger partial charge on any atom is 0.306 e. The number of benzene rings is 2. The third kappa shape index (κ3) is 3.12. The van der Waals surface area contributed by atoms with E-state index in [0.717, 1.165) is 24.3 Å². The van der Waals surface area contributed by atoms with Gasteiger partial charge in [0, 0.05) is 12.1 Å². The minimum atomic E-state index is -4.32. The zero-order valence-corrected chi connectivity index (χ0v) is 12.5. The summed E-state index contributed by atoms with van der Waals surface area (Å²) in [4.78, 5) is 18.5. The Bertz CT molecular complexity index is 862. The van der Waals surface area contributed by atoms with Crippen LogP contribution in [0.2, 0.25) is 5.02 Å². The third-order valence-corrected chi connectivity index (χ3v) is 4.92. The van der Waals surface area contributed by atoms with Crippen molar-refractivity contribution in [1.82, 2.24) is 0 Å². The molecule has 0 radical (unpaired) electrons. The van der Waals surface area contributed by atoms with Gasteiger partial charge in [-0.2, -0.15) is 4.39 Å². The average Bonchev–Trinajstić information content (AvgIpc) is 2.47. The minimum absolute atomic E-state index is 0.265. The van der Waals surface area contributed by atoms with Gasteiger partial charge in [-0.05, 0) is 24.3 Å². The highest BCUT2D eigenvalue weighted by Crippen LogP contribution is 2.31. The molecule has 0 aliphatic rings. The normalized spacial score (nSPS) is 11.2. The first-order valence-electron chi connectivity index (χ1n) is 5.77. The number of nitro groups is 2. The number of nitrogens with zero attached hydrogens (tertiary/aromatic N) is 2. The zero-order valence-electron chi connectivity index (χ0n) is 11.0. The van der Waals surface area contributed by atoms with Crippen LogP contribution in [0.25, 0.3) is 0 Å². The molecule has 11 heteroatoms. The first-order valence-corrected chi connectivity index (χ1v) is 7.63. The molecule has 0 aliphatic heterocycles. The summed E-state index contributed by atoms with van der Waals surface area (Å²) >= 11 is 5.60. The van der Waals surface area contributed by atoms with E-state index in [-0.39, 0.29) is 5.02 Å². The Hall–Kier alpha value is -2.59. The standard InChI is InChI=1S/C12H6ClFN2O6S/c13-9-3-1-7(5-11(9)15(17)18)23(21,22)8-2-4-10(14)12(6-8)16(19)20/h1-6H. The van der Waals surface area contributed by atoms with Gasteiger partial charge in [-0.3, -0.25) is 20.2 Å². The van der Waals surface area contributed by atoms with Crippen LogP contribution >= 0.6 is 11.6 Å². The van der Waals surface area contributed by atoms with Gasteiger partial charge in [-0.15, -0.1) is 0 Å². The Balaban J connectivity index is 2.64. The van der Waals surface area contributed by atoms with Crippen molar-refractivity contribution in [3.8, 4) is 0 Å². The summed E-state index contributed by atoms with van der Waals surface area (Å²) in [6.07, 6.45) is 0. The monoisotopic (exact) mass is 360 g/mol. The highest BCUT2D eigenvalue weighted by molar-refractivity contribution is 7.91. The lowest BCUT2D eigenvalue weighted by atomic mass is 10.3. The molecule has 0 atom stereocenters. The van der Waals surface area contributed by atoms with Crippen LogP contribution in [0, 0.1) is 26.0 Å². The van der Waals surface area contributed by atoms with Crippen LogP contribution in [0.4, 0.5) is 15.8 Å². The molecule has 0 amide bonds. The van der Waals surface area contributed by atoms with Crippen molar-refractivity contribution in [3.05, 3.63) is 67.5 Å². The molecule has 0 unspecified atom stereocenters. The lowest BCUT2D eigenvalue weighted by Gasteiger charge is -2.05. The first-order chi connectivity index (χ1) is 10.6. The second-order valence-corrected chi connectivity index (χ2v) is 6.60. The van der Waals surface area contributed by atoms with Crippen molar-refractivity contribution >= 4 is 32.8 Å². The summed E-state index contributed by atoms with van der Waals surface area (Å²) in [5.74, 6) is -1.20. The molecule has 0 spiro atoms. The Labute approximate surface area is 133 Å². The molecule has 0 aromatic heterocycles. The van der Waals surface area contributed by atoms with Crippen LogP contribution in [0.1, 0.15) is 0 Å². The topological polar surface area (TPSA) is 120 Å². The smallest absolute Gasteiger partial charge is 0.258 e. The summed E-state index contributed by atoms with van der Waals surface area (Å²) < 4.78 is 38.1. The molecule has 2 aromatic rings. The zero-order chi connectivity index (χ0) is 17.4. The van der Waals surface area contributed by atoms with Gasteiger partial charge in [-0.25, -0.2) is 8.42 Å². The maximum atomic E-state index is 13.3. The number of nitro benzene ring substituents is 2. The van der Waals surface area contributed by atoms with E-state index in [1.54, 1.807) is 0 Å². The van der Waals surface area contributed by atoms with Crippen LogP contribution in [-0.2, 0) is 9.84 Å². The molecule has 0 N–H and O–H groups in total. The van der Waals surface area contributed by atoms with Crippen LogP contribution in [0.15, 0.2) is 46.2 Å². The molecule has 0 bridgehead atoms. The second kappa shape index (κ2) is 5.89. The van der Waals surface area contributed by atoms with Crippen molar-refractivity contribution in [3.63, 3.8) is 0 Å². The Morgan fingerprint density at radius 3 is 1.91 bits per heavy atom. The summed E-state index contributed by atoms with van der Waals surface area (Å²) in [6, 6.07) is 4.77. The average molecular weight is 361 g/mol. The van der Waals surface area contributed by atoms with E-state index in [4.69, 9.17) is 11.6 Å². The lowest BCUT2D eigenvalue weighted by molar-refractivity contribution is -0.387. The molecule has 8 nitrogen and oxygen atoms in total. The fourth-order valence-corrected chi connectivity index (χ4v) is 3.22. The molecule has 0 saturated carbocycles. The highest BCUT2D eigenvalue weighted by atomic mass is 35.5. The SMILES string of the molecule is O=[N+]([O-])c1cc(S(=O)(=O)c2ccc(Cl)c([N+](=O)[O-])c2)ccc1F. The predicted molar refractivity (Wildman–Crippen MR) is 76.6 cm³/mol. The molecular formula is C12H6ClFN2O6S. The van der Waals surface area contributed by atoms with Crippen LogP contribution in [0.3, 0.4) is 0 Å². The predicted octanol–water partition coefficient (Wildman–Crippen LogP) is 3.13. The van der Waals surface area contributed by atoms with E-state index < -0.39 is 46.7 Å². The van der Waals surface area contributed by atoms with E-state index in [0.29, 0.717) is 12.1 Å². The van der Waals surface area contributed by atoms with E-state index >= 15 is 0 Å². The highest BCUT2D eigenvalue weighted by Gasteiger charge is 2.25. The van der Waals surface area contributed by atoms with Gasteiger partial charge < -0.3 is 0 Å². The number of sulfone groups is 1. The summed E-state index contributed by atoms with van der Waals surface area (Å²) in [6.45, 7) is 0. The van der Waals surface area contributed by atoms with Crippen LogP contribution < -0.4 is 0 Å². The number of hydrogen-bond acceptors (Lipinski definition) is 6. The van der Waals surface area contributed by atoms with Gasteiger partial charge in [-0.1, -0.05) is 11.6 Å². The van der Waals surface area contributed by atoms with Gasteiger partial charge in [0.15, 0.2) is 0 Å². The number of rotatable bonds is 4. The summed E-state index contributed by atoms with van der Waals surface area (Å²) in [5.41, 5.74) is -1.65. The fourth-order valence-electron chi connectivity index (χ4n) is 1.74. The molecule has 2 rings (SSSR count). The van der Waals surface area contributed by atoms with E-state index in [2.05, 4.69) is 0 Å².